The Hall–Kier alpha value is -2.23. The van der Waals surface area contributed by atoms with E-state index in [9.17, 15) is 9.90 Å². The molecular formula is C15H18N2O2. The molecule has 4 heteroatoms. The molecule has 1 aromatic carbocycles. The van der Waals surface area contributed by atoms with E-state index >= 15 is 0 Å². The summed E-state index contributed by atoms with van der Waals surface area (Å²) in [5.41, 5.74) is 2.97. The van der Waals surface area contributed by atoms with Crippen LogP contribution in [0.15, 0.2) is 31.0 Å². The molecule has 0 radical (unpaired) electrons. The lowest BCUT2D eigenvalue weighted by molar-refractivity contribution is -0.118. The number of fused-ring (bicyclic) bond motifs is 1. The minimum atomic E-state index is -0.0333. The number of hydrogen-bond donors (Lipinski definition) is 3. The number of aromatic nitrogens is 1. The quantitative estimate of drug-likeness (QED) is 0.720. The number of hydrogen-bond acceptors (Lipinski definition) is 2. The van der Waals surface area contributed by atoms with E-state index in [1.165, 1.54) is 6.92 Å². The standard InChI is InChI=1S/C15H18N2O2/c1-3-4-12-14(19)6-5-13-15(12)11(9-17-13)7-8-16-10(2)18/h3,5-6,9,17,19H,1,4,7-8H2,2H3,(H,16,18). The molecule has 3 N–H and O–H groups in total. The van der Waals surface area contributed by atoms with Crippen LogP contribution < -0.4 is 5.32 Å². The molecule has 0 saturated carbocycles. The zero-order chi connectivity index (χ0) is 13.8. The second-order valence-corrected chi connectivity index (χ2v) is 4.53. The van der Waals surface area contributed by atoms with Gasteiger partial charge in [0.15, 0.2) is 0 Å². The zero-order valence-electron chi connectivity index (χ0n) is 11.0. The number of nitrogens with one attached hydrogen (secondary N) is 2. The molecule has 4 nitrogen and oxygen atoms in total. The van der Waals surface area contributed by atoms with Gasteiger partial charge in [0, 0.05) is 36.1 Å². The summed E-state index contributed by atoms with van der Waals surface area (Å²) >= 11 is 0. The number of phenols is 1. The van der Waals surface area contributed by atoms with Crippen molar-refractivity contribution >= 4 is 16.8 Å². The number of aromatic hydroxyl groups is 1. The van der Waals surface area contributed by atoms with Crippen molar-refractivity contribution in [3.63, 3.8) is 0 Å². The molecule has 1 aromatic heterocycles. The first kappa shape index (κ1) is 13.2. The molecule has 100 valence electrons. The topological polar surface area (TPSA) is 65.1 Å². The number of phenolic OH excluding ortho intramolecular Hbond substituents is 1. The molecule has 0 aliphatic rings. The second-order valence-electron chi connectivity index (χ2n) is 4.53. The maximum absolute atomic E-state index is 10.9. The highest BCUT2D eigenvalue weighted by Gasteiger charge is 2.11. The summed E-state index contributed by atoms with van der Waals surface area (Å²) in [5.74, 6) is 0.252. The second kappa shape index (κ2) is 5.61. The fraction of sp³-hybridized carbons (Fsp3) is 0.267. The number of H-pyrrole nitrogens is 1. The predicted octanol–water partition coefficient (Wildman–Crippen LogP) is 2.28. The van der Waals surface area contributed by atoms with Gasteiger partial charge in [-0.15, -0.1) is 6.58 Å². The lowest BCUT2D eigenvalue weighted by atomic mass is 10.0. The Bertz CT molecular complexity index is 614. The van der Waals surface area contributed by atoms with Crippen LogP contribution in [0.2, 0.25) is 0 Å². The molecule has 0 saturated heterocycles. The van der Waals surface area contributed by atoms with Gasteiger partial charge < -0.3 is 15.4 Å². The van der Waals surface area contributed by atoms with Crippen LogP contribution in [0.5, 0.6) is 5.75 Å². The molecule has 0 aliphatic carbocycles. The largest absolute Gasteiger partial charge is 0.508 e. The fourth-order valence-electron chi connectivity index (χ4n) is 2.28. The van der Waals surface area contributed by atoms with E-state index in [0.29, 0.717) is 13.0 Å². The predicted molar refractivity (Wildman–Crippen MR) is 76.3 cm³/mol. The smallest absolute Gasteiger partial charge is 0.216 e. The summed E-state index contributed by atoms with van der Waals surface area (Å²) in [5, 5.41) is 13.8. The van der Waals surface area contributed by atoms with Crippen LogP contribution in [0, 0.1) is 0 Å². The number of aromatic amines is 1. The SMILES string of the molecule is C=CCc1c(O)ccc2[nH]cc(CCNC(C)=O)c12. The van der Waals surface area contributed by atoms with Crippen molar-refractivity contribution in [3.8, 4) is 5.75 Å². The molecule has 0 atom stereocenters. The summed E-state index contributed by atoms with van der Waals surface area (Å²) in [4.78, 5) is 14.1. The first-order chi connectivity index (χ1) is 9.13. The Morgan fingerprint density at radius 2 is 2.32 bits per heavy atom. The third kappa shape index (κ3) is 2.78. The molecule has 1 heterocycles. The number of allylic oxidation sites excluding steroid dienone is 1. The van der Waals surface area contributed by atoms with Gasteiger partial charge in [-0.25, -0.2) is 0 Å². The maximum atomic E-state index is 10.9. The molecule has 0 spiro atoms. The van der Waals surface area contributed by atoms with Gasteiger partial charge in [-0.1, -0.05) is 6.08 Å². The summed E-state index contributed by atoms with van der Waals surface area (Å²) in [6.07, 6.45) is 5.05. The summed E-state index contributed by atoms with van der Waals surface area (Å²) < 4.78 is 0. The van der Waals surface area contributed by atoms with E-state index in [4.69, 9.17) is 0 Å². The summed E-state index contributed by atoms with van der Waals surface area (Å²) in [6, 6.07) is 3.55. The maximum Gasteiger partial charge on any atom is 0.216 e. The first-order valence-electron chi connectivity index (χ1n) is 6.29. The highest BCUT2D eigenvalue weighted by molar-refractivity contribution is 5.89. The van der Waals surface area contributed by atoms with Crippen molar-refractivity contribution in [1.29, 1.82) is 0 Å². The number of rotatable bonds is 5. The minimum Gasteiger partial charge on any atom is -0.508 e. The molecule has 0 bridgehead atoms. The van der Waals surface area contributed by atoms with Crippen molar-refractivity contribution < 1.29 is 9.90 Å². The fourth-order valence-corrected chi connectivity index (χ4v) is 2.28. The van der Waals surface area contributed by atoms with E-state index in [1.807, 2.05) is 12.3 Å². The third-order valence-corrected chi connectivity index (χ3v) is 3.13. The van der Waals surface area contributed by atoms with E-state index in [-0.39, 0.29) is 11.7 Å². The van der Waals surface area contributed by atoms with Gasteiger partial charge in [-0.05, 0) is 30.5 Å². The van der Waals surface area contributed by atoms with E-state index in [0.717, 1.165) is 28.5 Å². The van der Waals surface area contributed by atoms with Crippen LogP contribution >= 0.6 is 0 Å². The summed E-state index contributed by atoms with van der Waals surface area (Å²) in [7, 11) is 0. The molecule has 0 unspecified atom stereocenters. The van der Waals surface area contributed by atoms with Gasteiger partial charge in [0.05, 0.1) is 0 Å². The number of carbonyl (C=O) groups is 1. The normalized spacial score (nSPS) is 10.6. The summed E-state index contributed by atoms with van der Waals surface area (Å²) in [6.45, 7) is 5.82. The molecule has 2 aromatic rings. The number of amides is 1. The lowest BCUT2D eigenvalue weighted by Gasteiger charge is -2.07. The number of carbonyl (C=O) groups excluding carboxylic acids is 1. The number of benzene rings is 1. The third-order valence-electron chi connectivity index (χ3n) is 3.13. The monoisotopic (exact) mass is 258 g/mol. The lowest BCUT2D eigenvalue weighted by Crippen LogP contribution is -2.22. The van der Waals surface area contributed by atoms with E-state index < -0.39 is 0 Å². The first-order valence-corrected chi connectivity index (χ1v) is 6.29. The van der Waals surface area contributed by atoms with Crippen molar-refractivity contribution in [1.82, 2.24) is 10.3 Å². The Morgan fingerprint density at radius 1 is 1.53 bits per heavy atom. The van der Waals surface area contributed by atoms with Gasteiger partial charge in [-0.2, -0.15) is 0 Å². The highest BCUT2D eigenvalue weighted by atomic mass is 16.3. The van der Waals surface area contributed by atoms with Crippen LogP contribution in [0.3, 0.4) is 0 Å². The Kier molecular flexibility index (Phi) is 3.90. The molecule has 0 fully saturated rings. The molecule has 2 rings (SSSR count). The molecular weight excluding hydrogens is 240 g/mol. The van der Waals surface area contributed by atoms with Gasteiger partial charge in [-0.3, -0.25) is 4.79 Å². The van der Waals surface area contributed by atoms with Crippen molar-refractivity contribution in [2.45, 2.75) is 19.8 Å². The zero-order valence-corrected chi connectivity index (χ0v) is 11.0. The van der Waals surface area contributed by atoms with Crippen molar-refractivity contribution in [2.24, 2.45) is 0 Å². The van der Waals surface area contributed by atoms with Gasteiger partial charge in [0.1, 0.15) is 5.75 Å². The van der Waals surface area contributed by atoms with Crippen LogP contribution in [-0.4, -0.2) is 22.5 Å². The molecule has 0 aliphatic heterocycles. The van der Waals surface area contributed by atoms with Crippen molar-refractivity contribution in [2.75, 3.05) is 6.54 Å². The average Bonchev–Trinajstić information content (AvgIpc) is 2.76. The van der Waals surface area contributed by atoms with Gasteiger partial charge in [0.2, 0.25) is 5.91 Å². The van der Waals surface area contributed by atoms with Crippen LogP contribution in [0.4, 0.5) is 0 Å². The average molecular weight is 258 g/mol. The van der Waals surface area contributed by atoms with Crippen LogP contribution in [0.1, 0.15) is 18.1 Å². The minimum absolute atomic E-state index is 0.0333. The van der Waals surface area contributed by atoms with Crippen LogP contribution in [0.25, 0.3) is 10.9 Å². The molecule has 19 heavy (non-hydrogen) atoms. The Labute approximate surface area is 112 Å². The van der Waals surface area contributed by atoms with Crippen LogP contribution in [-0.2, 0) is 17.6 Å². The Morgan fingerprint density at radius 3 is 3.00 bits per heavy atom. The van der Waals surface area contributed by atoms with E-state index in [1.54, 1.807) is 12.1 Å². The molecule has 1 amide bonds. The van der Waals surface area contributed by atoms with Gasteiger partial charge >= 0.3 is 0 Å². The highest BCUT2D eigenvalue weighted by Crippen LogP contribution is 2.30. The van der Waals surface area contributed by atoms with E-state index in [2.05, 4.69) is 16.9 Å². The Balaban J connectivity index is 2.36. The van der Waals surface area contributed by atoms with Gasteiger partial charge in [0.25, 0.3) is 0 Å². The van der Waals surface area contributed by atoms with Crippen molar-refractivity contribution in [3.05, 3.63) is 42.1 Å².